The van der Waals surface area contributed by atoms with Gasteiger partial charge in [-0.25, -0.2) is 4.39 Å². The average molecular weight is 542 g/mol. The normalized spacial score (nSPS) is 22.7. The van der Waals surface area contributed by atoms with Crippen molar-refractivity contribution in [1.82, 2.24) is 4.90 Å². The monoisotopic (exact) mass is 541 g/mol. The lowest BCUT2D eigenvalue weighted by Gasteiger charge is -2.30. The van der Waals surface area contributed by atoms with Gasteiger partial charge < -0.3 is 14.5 Å². The first-order chi connectivity index (χ1) is 19.2. The maximum atomic E-state index is 15.3. The first-order valence-electron chi connectivity index (χ1n) is 13.8. The SMILES string of the molecule is O=C(c1cccs1)N(CC1C2CN(Cc3cccc4ccccc34)CC21)c1ccc(N2CCOCC2)c(F)c1. The number of benzene rings is 3. The molecule has 3 fully saturated rings. The summed E-state index contributed by atoms with van der Waals surface area (Å²) in [5.74, 6) is 1.28. The lowest BCUT2D eigenvalue weighted by atomic mass is 10.0. The van der Waals surface area contributed by atoms with Gasteiger partial charge in [0.2, 0.25) is 0 Å². The second-order valence-corrected chi connectivity index (χ2v) is 11.9. The van der Waals surface area contributed by atoms with E-state index in [1.165, 1.54) is 27.7 Å². The standard InChI is InChI=1S/C32H32FN3O2S/c33-29-17-24(10-11-30(29)35-12-14-38-15-13-35)36(32(37)31-9-4-16-39-31)21-28-26-19-34(20-27(26)28)18-23-7-3-6-22-5-1-2-8-25(22)23/h1-11,16-17,26-28H,12-15,18-21H2. The minimum absolute atomic E-state index is 0.0406. The molecular weight excluding hydrogens is 509 g/mol. The molecular formula is C32H32FN3O2S. The third-order valence-electron chi connectivity index (χ3n) is 8.69. The second kappa shape index (κ2) is 10.4. The van der Waals surface area contributed by atoms with Gasteiger partial charge in [0.25, 0.3) is 5.91 Å². The molecule has 5 nitrogen and oxygen atoms in total. The smallest absolute Gasteiger partial charge is 0.268 e. The number of hydrogen-bond donors (Lipinski definition) is 0. The number of piperidine rings is 1. The third kappa shape index (κ3) is 4.84. The van der Waals surface area contributed by atoms with E-state index in [0.717, 1.165) is 19.6 Å². The Labute approximate surface area is 232 Å². The molecule has 3 heterocycles. The van der Waals surface area contributed by atoms with E-state index in [-0.39, 0.29) is 11.7 Å². The number of rotatable bonds is 7. The van der Waals surface area contributed by atoms with Crippen LogP contribution in [0.25, 0.3) is 10.8 Å². The number of carbonyl (C=O) groups is 1. The van der Waals surface area contributed by atoms with Crippen LogP contribution in [-0.4, -0.2) is 56.7 Å². The number of nitrogens with zero attached hydrogens (tertiary/aromatic N) is 3. The molecule has 7 rings (SSSR count). The number of thiophene rings is 1. The van der Waals surface area contributed by atoms with Gasteiger partial charge in [-0.1, -0.05) is 48.5 Å². The van der Waals surface area contributed by atoms with E-state index >= 15 is 4.39 Å². The van der Waals surface area contributed by atoms with Crippen LogP contribution < -0.4 is 9.80 Å². The molecule has 0 bridgehead atoms. The van der Waals surface area contributed by atoms with Crippen LogP contribution in [0.3, 0.4) is 0 Å². The Bertz CT molecular complexity index is 1470. The van der Waals surface area contributed by atoms with E-state index in [0.29, 0.717) is 66.9 Å². The molecule has 3 aliphatic rings. The predicted octanol–water partition coefficient (Wildman–Crippen LogP) is 5.90. The highest BCUT2D eigenvalue weighted by Crippen LogP contribution is 2.52. The molecule has 0 spiro atoms. The molecule has 2 unspecified atom stereocenters. The van der Waals surface area contributed by atoms with Gasteiger partial charge in [-0.15, -0.1) is 11.3 Å². The van der Waals surface area contributed by atoms with Crippen molar-refractivity contribution < 1.29 is 13.9 Å². The molecule has 39 heavy (non-hydrogen) atoms. The molecule has 7 heteroatoms. The maximum absolute atomic E-state index is 15.3. The molecule has 1 aliphatic carbocycles. The molecule has 200 valence electrons. The Morgan fingerprint density at radius 1 is 0.974 bits per heavy atom. The molecule has 1 saturated carbocycles. The summed E-state index contributed by atoms with van der Waals surface area (Å²) in [7, 11) is 0. The Hall–Kier alpha value is -3.26. The number of ether oxygens (including phenoxy) is 1. The Balaban J connectivity index is 1.06. The van der Waals surface area contributed by atoms with Crippen LogP contribution in [0.15, 0.2) is 78.2 Å². The zero-order valence-electron chi connectivity index (χ0n) is 21.8. The predicted molar refractivity (Wildman–Crippen MR) is 155 cm³/mol. The number of hydrogen-bond acceptors (Lipinski definition) is 5. The number of anilines is 2. The van der Waals surface area contributed by atoms with Crippen LogP contribution in [0.2, 0.25) is 0 Å². The van der Waals surface area contributed by atoms with Gasteiger partial charge >= 0.3 is 0 Å². The van der Waals surface area contributed by atoms with Crippen LogP contribution in [0.4, 0.5) is 15.8 Å². The van der Waals surface area contributed by atoms with Gasteiger partial charge in [-0.05, 0) is 63.7 Å². The van der Waals surface area contributed by atoms with E-state index in [4.69, 9.17) is 4.74 Å². The summed E-state index contributed by atoms with van der Waals surface area (Å²) in [6.45, 7) is 6.23. The van der Waals surface area contributed by atoms with Crippen molar-refractivity contribution in [3.05, 3.63) is 94.4 Å². The zero-order valence-corrected chi connectivity index (χ0v) is 22.7. The summed E-state index contributed by atoms with van der Waals surface area (Å²) >= 11 is 1.44. The fourth-order valence-electron chi connectivity index (χ4n) is 6.58. The van der Waals surface area contributed by atoms with Gasteiger partial charge in [0.15, 0.2) is 0 Å². The summed E-state index contributed by atoms with van der Waals surface area (Å²) in [6, 6.07) is 24.2. The van der Waals surface area contributed by atoms with Crippen molar-refractivity contribution in [2.24, 2.45) is 17.8 Å². The fraction of sp³-hybridized carbons (Fsp3) is 0.344. The maximum Gasteiger partial charge on any atom is 0.268 e. The zero-order chi connectivity index (χ0) is 26.3. The fourth-order valence-corrected chi connectivity index (χ4v) is 7.25. The topological polar surface area (TPSA) is 36.0 Å². The first kappa shape index (κ1) is 24.8. The minimum Gasteiger partial charge on any atom is -0.378 e. The quantitative estimate of drug-likeness (QED) is 0.292. The molecule has 2 saturated heterocycles. The van der Waals surface area contributed by atoms with Gasteiger partial charge in [0.05, 0.1) is 23.8 Å². The molecule has 4 aromatic rings. The highest BCUT2D eigenvalue weighted by molar-refractivity contribution is 7.12. The van der Waals surface area contributed by atoms with Crippen molar-refractivity contribution in [3.63, 3.8) is 0 Å². The molecule has 0 radical (unpaired) electrons. The number of carbonyl (C=O) groups excluding carboxylic acids is 1. The lowest BCUT2D eigenvalue weighted by Crippen LogP contribution is -2.37. The van der Waals surface area contributed by atoms with Gasteiger partial charge in [0, 0.05) is 45.0 Å². The Morgan fingerprint density at radius 2 is 1.77 bits per heavy atom. The number of morpholine rings is 1. The van der Waals surface area contributed by atoms with E-state index in [2.05, 4.69) is 47.4 Å². The number of halogens is 1. The molecule has 3 aromatic carbocycles. The third-order valence-corrected chi connectivity index (χ3v) is 9.54. The lowest BCUT2D eigenvalue weighted by molar-refractivity contribution is 0.0988. The number of likely N-dealkylation sites (tertiary alicyclic amines) is 1. The largest absolute Gasteiger partial charge is 0.378 e. The number of fused-ring (bicyclic) bond motifs is 2. The Kier molecular flexibility index (Phi) is 6.59. The van der Waals surface area contributed by atoms with E-state index in [1.807, 2.05) is 39.4 Å². The van der Waals surface area contributed by atoms with E-state index < -0.39 is 0 Å². The van der Waals surface area contributed by atoms with Crippen molar-refractivity contribution >= 4 is 39.4 Å². The summed E-state index contributed by atoms with van der Waals surface area (Å²) in [4.78, 5) is 20.7. The molecule has 2 aliphatic heterocycles. The van der Waals surface area contributed by atoms with Crippen LogP contribution >= 0.6 is 11.3 Å². The molecule has 1 aromatic heterocycles. The van der Waals surface area contributed by atoms with Gasteiger partial charge in [0.1, 0.15) is 5.82 Å². The van der Waals surface area contributed by atoms with Crippen LogP contribution in [0.5, 0.6) is 0 Å². The van der Waals surface area contributed by atoms with E-state index in [9.17, 15) is 4.79 Å². The highest BCUT2D eigenvalue weighted by atomic mass is 32.1. The minimum atomic E-state index is -0.282. The first-order valence-corrected chi connectivity index (χ1v) is 14.7. The summed E-state index contributed by atoms with van der Waals surface area (Å²) in [5, 5.41) is 4.53. The van der Waals surface area contributed by atoms with Crippen molar-refractivity contribution in [3.8, 4) is 0 Å². The van der Waals surface area contributed by atoms with E-state index in [1.54, 1.807) is 6.07 Å². The van der Waals surface area contributed by atoms with Crippen molar-refractivity contribution in [2.75, 3.05) is 55.7 Å². The highest BCUT2D eigenvalue weighted by Gasteiger charge is 2.56. The molecule has 1 amide bonds. The molecule has 2 atom stereocenters. The summed E-state index contributed by atoms with van der Waals surface area (Å²) < 4.78 is 20.8. The van der Waals surface area contributed by atoms with Crippen molar-refractivity contribution in [1.29, 1.82) is 0 Å². The summed E-state index contributed by atoms with van der Waals surface area (Å²) in [6.07, 6.45) is 0. The Morgan fingerprint density at radius 3 is 2.54 bits per heavy atom. The number of amides is 1. The van der Waals surface area contributed by atoms with Crippen LogP contribution in [-0.2, 0) is 11.3 Å². The molecule has 0 N–H and O–H groups in total. The average Bonchev–Trinajstić information content (AvgIpc) is 3.34. The second-order valence-electron chi connectivity index (χ2n) is 11.0. The van der Waals surface area contributed by atoms with Crippen molar-refractivity contribution in [2.45, 2.75) is 6.54 Å². The van der Waals surface area contributed by atoms with Crippen LogP contribution in [0, 0.1) is 23.6 Å². The van der Waals surface area contributed by atoms with Gasteiger partial charge in [-0.2, -0.15) is 0 Å². The van der Waals surface area contributed by atoms with Gasteiger partial charge in [-0.3, -0.25) is 9.69 Å². The van der Waals surface area contributed by atoms with Crippen LogP contribution in [0.1, 0.15) is 15.2 Å². The summed E-state index contributed by atoms with van der Waals surface area (Å²) in [5.41, 5.74) is 2.59.